The van der Waals surface area contributed by atoms with E-state index in [2.05, 4.69) is 10.1 Å². The summed E-state index contributed by atoms with van der Waals surface area (Å²) in [6.45, 7) is 4.20. The van der Waals surface area contributed by atoms with Crippen LogP contribution < -0.4 is 0 Å². The van der Waals surface area contributed by atoms with Crippen molar-refractivity contribution in [3.63, 3.8) is 0 Å². The zero-order valence-electron chi connectivity index (χ0n) is 22.5. The smallest absolute Gasteiger partial charge is 0.309 e. The van der Waals surface area contributed by atoms with E-state index in [0.29, 0.717) is 50.1 Å². The lowest BCUT2D eigenvalue weighted by Gasteiger charge is -2.34. The SMILES string of the molecule is Cc1c(C(=O)N2C[C@H](C3CCCCC3)C[C@H]2C(=O)c2c(Cl)cncc2Cl)cnn1[C@H]1CC[C@](C)(C(=O)O)CC1. The van der Waals surface area contributed by atoms with Gasteiger partial charge in [0, 0.05) is 24.6 Å². The third kappa shape index (κ3) is 5.34. The highest BCUT2D eigenvalue weighted by atomic mass is 35.5. The quantitative estimate of drug-likeness (QED) is 0.400. The van der Waals surface area contributed by atoms with Gasteiger partial charge in [0.2, 0.25) is 0 Å². The molecular weight excluding hydrogens is 539 g/mol. The summed E-state index contributed by atoms with van der Waals surface area (Å²) in [5, 5.41) is 14.5. The van der Waals surface area contributed by atoms with Crippen LogP contribution in [0, 0.1) is 24.2 Å². The standard InChI is InChI=1S/C29H36Cl2N4O4/c1-17-21(13-33-35(17)20-8-10-29(2,11-9-20)28(38)39)27(37)34-16-19(18-6-4-3-5-7-18)12-24(34)26(36)25-22(30)14-32-15-23(25)31/h13-15,18-20,24H,3-12,16H2,1-2H3,(H,38,39)/t19-,20-,24+,29-/m1/s1. The van der Waals surface area contributed by atoms with E-state index in [1.807, 2.05) is 11.6 Å². The molecule has 3 heterocycles. The van der Waals surface area contributed by atoms with Crippen LogP contribution in [0.5, 0.6) is 0 Å². The van der Waals surface area contributed by atoms with E-state index in [-0.39, 0.29) is 39.3 Å². The Morgan fingerprint density at radius 1 is 0.974 bits per heavy atom. The van der Waals surface area contributed by atoms with Crippen molar-refractivity contribution in [3.8, 4) is 0 Å². The highest BCUT2D eigenvalue weighted by Gasteiger charge is 2.45. The first-order chi connectivity index (χ1) is 18.6. The van der Waals surface area contributed by atoms with Crippen molar-refractivity contribution in [1.82, 2.24) is 19.7 Å². The zero-order chi connectivity index (χ0) is 27.9. The van der Waals surface area contributed by atoms with Crippen LogP contribution >= 0.6 is 23.2 Å². The number of carboxylic acids is 1. The number of Topliss-reactive ketones (excluding diaryl/α,β-unsaturated/α-hetero) is 1. The van der Waals surface area contributed by atoms with Crippen molar-refractivity contribution < 1.29 is 19.5 Å². The minimum absolute atomic E-state index is 0.0411. The Morgan fingerprint density at radius 3 is 2.23 bits per heavy atom. The molecule has 0 unspecified atom stereocenters. The van der Waals surface area contributed by atoms with E-state index in [1.54, 1.807) is 18.0 Å². The number of pyridine rings is 1. The van der Waals surface area contributed by atoms with Gasteiger partial charge in [-0.3, -0.25) is 24.0 Å². The van der Waals surface area contributed by atoms with Gasteiger partial charge in [-0.05, 0) is 57.8 Å². The molecule has 3 fully saturated rings. The lowest BCUT2D eigenvalue weighted by atomic mass is 9.74. The predicted molar refractivity (Wildman–Crippen MR) is 148 cm³/mol. The number of carbonyl (C=O) groups excluding carboxylic acids is 2. The van der Waals surface area contributed by atoms with E-state index < -0.39 is 17.4 Å². The fraction of sp³-hybridized carbons (Fsp3) is 0.621. The topological polar surface area (TPSA) is 105 Å². The van der Waals surface area contributed by atoms with E-state index in [9.17, 15) is 19.5 Å². The summed E-state index contributed by atoms with van der Waals surface area (Å²) in [5.41, 5.74) is 0.728. The molecule has 0 spiro atoms. The van der Waals surface area contributed by atoms with Gasteiger partial charge in [-0.15, -0.1) is 0 Å². The fourth-order valence-electron chi connectivity index (χ4n) is 6.96. The monoisotopic (exact) mass is 574 g/mol. The first-order valence-electron chi connectivity index (χ1n) is 14.0. The highest BCUT2D eigenvalue weighted by Crippen LogP contribution is 2.42. The third-order valence-corrected chi connectivity index (χ3v) is 10.1. The molecule has 1 N–H and O–H groups in total. The molecule has 0 aromatic carbocycles. The maximum atomic E-state index is 14.1. The molecule has 39 heavy (non-hydrogen) atoms. The summed E-state index contributed by atoms with van der Waals surface area (Å²) in [6, 6.07) is -0.616. The van der Waals surface area contributed by atoms with Crippen LogP contribution in [-0.4, -0.2) is 55.0 Å². The summed E-state index contributed by atoms with van der Waals surface area (Å²) < 4.78 is 1.87. The van der Waals surface area contributed by atoms with Crippen LogP contribution in [0.15, 0.2) is 18.6 Å². The molecule has 10 heteroatoms. The van der Waals surface area contributed by atoms with Crippen molar-refractivity contribution >= 4 is 40.9 Å². The second kappa shape index (κ2) is 11.2. The Hall–Kier alpha value is -2.45. The summed E-state index contributed by atoms with van der Waals surface area (Å²) in [6.07, 6.45) is 13.4. The van der Waals surface area contributed by atoms with Gasteiger partial charge >= 0.3 is 5.97 Å². The lowest BCUT2D eigenvalue weighted by Crippen LogP contribution is -2.41. The minimum Gasteiger partial charge on any atom is -0.481 e. The number of aromatic nitrogens is 3. The van der Waals surface area contributed by atoms with Gasteiger partial charge in [0.1, 0.15) is 0 Å². The van der Waals surface area contributed by atoms with Crippen LogP contribution in [0.25, 0.3) is 0 Å². The molecule has 0 bridgehead atoms. The van der Waals surface area contributed by atoms with Crippen molar-refractivity contribution in [2.75, 3.05) is 6.54 Å². The molecule has 2 atom stereocenters. The fourth-order valence-corrected chi connectivity index (χ4v) is 7.51. The molecule has 0 radical (unpaired) electrons. The van der Waals surface area contributed by atoms with Gasteiger partial charge in [0.25, 0.3) is 5.91 Å². The number of halogens is 2. The number of amides is 1. The highest BCUT2D eigenvalue weighted by molar-refractivity contribution is 6.40. The Kier molecular flexibility index (Phi) is 8.07. The molecular formula is C29H36Cl2N4O4. The van der Waals surface area contributed by atoms with Gasteiger partial charge in [-0.1, -0.05) is 55.3 Å². The van der Waals surface area contributed by atoms with E-state index in [1.165, 1.54) is 31.7 Å². The van der Waals surface area contributed by atoms with E-state index in [4.69, 9.17) is 23.2 Å². The number of rotatable bonds is 6. The number of carbonyl (C=O) groups is 3. The molecule has 210 valence electrons. The van der Waals surface area contributed by atoms with Gasteiger partial charge in [-0.2, -0.15) is 5.10 Å². The average Bonchev–Trinajstić information content (AvgIpc) is 3.53. The van der Waals surface area contributed by atoms with Crippen molar-refractivity contribution in [3.05, 3.63) is 45.5 Å². The first kappa shape index (κ1) is 28.1. The van der Waals surface area contributed by atoms with Crippen LogP contribution in [0.1, 0.15) is 104 Å². The maximum absolute atomic E-state index is 14.1. The molecule has 3 aliphatic rings. The van der Waals surface area contributed by atoms with Gasteiger partial charge in [0.05, 0.1) is 44.9 Å². The molecule has 2 saturated carbocycles. The zero-order valence-corrected chi connectivity index (χ0v) is 24.0. The lowest BCUT2D eigenvalue weighted by molar-refractivity contribution is -0.150. The minimum atomic E-state index is -0.763. The summed E-state index contributed by atoms with van der Waals surface area (Å²) in [4.78, 5) is 45.3. The van der Waals surface area contributed by atoms with Gasteiger partial charge in [0.15, 0.2) is 5.78 Å². The van der Waals surface area contributed by atoms with Crippen LogP contribution in [0.4, 0.5) is 0 Å². The number of ketones is 1. The Balaban J connectivity index is 1.41. The van der Waals surface area contributed by atoms with Crippen LogP contribution in [0.3, 0.4) is 0 Å². The van der Waals surface area contributed by atoms with Crippen molar-refractivity contribution in [2.24, 2.45) is 17.3 Å². The second-order valence-electron chi connectivity index (χ2n) is 11.9. The first-order valence-corrected chi connectivity index (χ1v) is 14.8. The molecule has 1 amide bonds. The normalized spacial score (nSPS) is 28.0. The molecule has 2 aromatic heterocycles. The number of carboxylic acid groups (broad SMARTS) is 1. The maximum Gasteiger partial charge on any atom is 0.309 e. The number of aliphatic carboxylic acids is 1. The van der Waals surface area contributed by atoms with Gasteiger partial charge < -0.3 is 10.0 Å². The van der Waals surface area contributed by atoms with Crippen LogP contribution in [-0.2, 0) is 4.79 Å². The largest absolute Gasteiger partial charge is 0.481 e. The number of hydrogen-bond donors (Lipinski definition) is 1. The Labute approximate surface area is 239 Å². The number of hydrogen-bond acceptors (Lipinski definition) is 5. The Bertz CT molecular complexity index is 1240. The summed E-state index contributed by atoms with van der Waals surface area (Å²) in [7, 11) is 0. The number of nitrogens with zero attached hydrogens (tertiary/aromatic N) is 4. The second-order valence-corrected chi connectivity index (χ2v) is 12.7. The molecule has 2 aliphatic carbocycles. The summed E-state index contributed by atoms with van der Waals surface area (Å²) in [5.74, 6) is -0.484. The molecule has 2 aromatic rings. The average molecular weight is 576 g/mol. The molecule has 1 aliphatic heterocycles. The van der Waals surface area contributed by atoms with Crippen molar-refractivity contribution in [2.45, 2.75) is 90.1 Å². The molecule has 8 nitrogen and oxygen atoms in total. The summed E-state index contributed by atoms with van der Waals surface area (Å²) >= 11 is 12.7. The van der Waals surface area contributed by atoms with E-state index in [0.717, 1.165) is 18.5 Å². The third-order valence-electron chi connectivity index (χ3n) is 9.51. The predicted octanol–water partition coefficient (Wildman–Crippen LogP) is 6.39. The molecule has 1 saturated heterocycles. The van der Waals surface area contributed by atoms with Crippen LogP contribution in [0.2, 0.25) is 10.0 Å². The van der Waals surface area contributed by atoms with E-state index >= 15 is 0 Å². The Morgan fingerprint density at radius 2 is 1.62 bits per heavy atom. The van der Waals surface area contributed by atoms with Gasteiger partial charge in [-0.25, -0.2) is 0 Å². The number of likely N-dealkylation sites (tertiary alicyclic amines) is 1. The molecule has 5 rings (SSSR count). The van der Waals surface area contributed by atoms with Crippen molar-refractivity contribution in [1.29, 1.82) is 0 Å².